The van der Waals surface area contributed by atoms with Crippen LogP contribution in [-0.2, 0) is 19.1 Å². The molecule has 2 atom stereocenters. The lowest BCUT2D eigenvalue weighted by Gasteiger charge is -2.20. The highest BCUT2D eigenvalue weighted by molar-refractivity contribution is 7.99. The van der Waals surface area contributed by atoms with Crippen LogP contribution in [0.15, 0.2) is 64.4 Å². The molecule has 24 nitrogen and oxygen atoms in total. The van der Waals surface area contributed by atoms with Crippen LogP contribution in [0.4, 0.5) is 22.7 Å². The van der Waals surface area contributed by atoms with E-state index in [0.717, 1.165) is 0 Å². The zero-order valence-electron chi connectivity index (χ0n) is 40.6. The van der Waals surface area contributed by atoms with E-state index in [1.54, 1.807) is 27.7 Å². The molecule has 0 bridgehead atoms. The molecule has 22 N–H and O–H groups in total. The van der Waals surface area contributed by atoms with Crippen molar-refractivity contribution in [3.63, 3.8) is 0 Å². The maximum atomic E-state index is 14.4. The van der Waals surface area contributed by atoms with E-state index in [1.807, 2.05) is 0 Å². The predicted molar refractivity (Wildman–Crippen MR) is 282 cm³/mol. The van der Waals surface area contributed by atoms with Gasteiger partial charge in [-0.05, 0) is 83.0 Å². The Morgan fingerprint density at radius 1 is 0.625 bits per heavy atom. The number of carbonyl (C=O) groups excluding carboxylic acids is 6. The van der Waals surface area contributed by atoms with Gasteiger partial charge in [0.05, 0.1) is 61.9 Å². The zero-order valence-corrected chi connectivity index (χ0v) is 42.2. The molecule has 0 aliphatic heterocycles. The summed E-state index contributed by atoms with van der Waals surface area (Å²) < 4.78 is 16.8. The summed E-state index contributed by atoms with van der Waals surface area (Å²) in [6, 6.07) is 7.38. The highest BCUT2D eigenvalue weighted by atomic mass is 32.2. The van der Waals surface area contributed by atoms with Crippen molar-refractivity contribution in [3.05, 3.63) is 76.9 Å². The standard InChI is InChI=1S/C46H67N15O9S2/c1-24(2)69-43(66)28-20-33(37(71-15-10-48)35(22-28)60-41(64)31(50)7-5-12-56-45(52)53)58-39(62)26-17-27(19-30(18-26)68-14-9-47)40(63)59-34-21-29(44(67)70-25(3)4)23-36(38(34)72-16-11-49)61-42(65)32(51)8-6-13-57-46(54)55/h5,7,17-25,31-32H,6,8-16,47-51H2,1-4H3,(H,58,62)(H,59,63)(H,60,64)(H,61,65)(H4,52,53,56)(H4,54,55,57)/b7-5+/t31-,32?/m1/s1. The molecule has 3 aromatic carbocycles. The van der Waals surface area contributed by atoms with E-state index in [1.165, 1.54) is 78.1 Å². The van der Waals surface area contributed by atoms with E-state index >= 15 is 0 Å². The minimum Gasteiger partial charge on any atom is -0.492 e. The minimum atomic E-state index is -1.19. The summed E-state index contributed by atoms with van der Waals surface area (Å²) in [5.74, 6) is -4.17. The number of rotatable bonds is 28. The number of thioether (sulfide) groups is 2. The molecule has 26 heteroatoms. The first-order chi connectivity index (χ1) is 34.2. The molecule has 0 aliphatic carbocycles. The van der Waals surface area contributed by atoms with Gasteiger partial charge in [-0.15, -0.1) is 23.5 Å². The number of hydrogen-bond donors (Lipinski definition) is 15. The van der Waals surface area contributed by atoms with Crippen molar-refractivity contribution in [2.45, 2.75) is 74.6 Å². The highest BCUT2D eigenvalue weighted by Gasteiger charge is 2.25. The fourth-order valence-electron chi connectivity index (χ4n) is 6.16. The second-order valence-electron chi connectivity index (χ2n) is 16.1. The van der Waals surface area contributed by atoms with Crippen LogP contribution in [0.25, 0.3) is 0 Å². The minimum absolute atomic E-state index is 0.00202. The first-order valence-electron chi connectivity index (χ1n) is 22.7. The SMILES string of the molecule is CC(C)OC(=O)c1cc(NC(=O)c2cc(OCCN)cc(C(=O)Nc3cc(C(=O)OC(C)C)cc(NC(=O)[C@H](N)/C=C/CNC(=N)N)c3SCCN)c2)c(SCCN)c(NC(=O)C(N)CCCNC(=N)N)c1. The lowest BCUT2D eigenvalue weighted by molar-refractivity contribution is -0.118. The molecular weight excluding hydrogens is 971 g/mol. The number of esters is 2. The fourth-order valence-corrected chi connectivity index (χ4v) is 7.87. The Morgan fingerprint density at radius 2 is 1.08 bits per heavy atom. The Labute approximate surface area is 426 Å². The summed E-state index contributed by atoms with van der Waals surface area (Å²) in [4.78, 5) is 83.2. The van der Waals surface area contributed by atoms with Gasteiger partial charge in [-0.3, -0.25) is 30.0 Å². The largest absolute Gasteiger partial charge is 0.492 e. The van der Waals surface area contributed by atoms with Gasteiger partial charge in [0.1, 0.15) is 18.4 Å². The van der Waals surface area contributed by atoms with Crippen molar-refractivity contribution < 1.29 is 43.0 Å². The van der Waals surface area contributed by atoms with Crippen molar-refractivity contribution >= 4 is 93.8 Å². The maximum absolute atomic E-state index is 14.4. The third kappa shape index (κ3) is 19.7. The van der Waals surface area contributed by atoms with Gasteiger partial charge in [-0.2, -0.15) is 0 Å². The van der Waals surface area contributed by atoms with Gasteiger partial charge in [-0.25, -0.2) is 9.59 Å². The van der Waals surface area contributed by atoms with Crippen molar-refractivity contribution in [3.8, 4) is 5.75 Å². The molecule has 72 heavy (non-hydrogen) atoms. The number of nitrogens with one attached hydrogen (secondary N) is 8. The van der Waals surface area contributed by atoms with Crippen LogP contribution < -0.4 is 76.8 Å². The number of ether oxygens (including phenoxy) is 3. The number of guanidine groups is 2. The summed E-state index contributed by atoms with van der Waals surface area (Å²) in [6.07, 6.45) is 2.46. The van der Waals surface area contributed by atoms with Crippen LogP contribution in [0.5, 0.6) is 5.75 Å². The molecule has 1 unspecified atom stereocenters. The molecule has 392 valence electrons. The van der Waals surface area contributed by atoms with Gasteiger partial charge in [0.15, 0.2) is 11.9 Å². The van der Waals surface area contributed by atoms with E-state index in [4.69, 9.17) is 65.2 Å². The van der Waals surface area contributed by atoms with Crippen LogP contribution in [0, 0.1) is 10.8 Å². The fraction of sp³-hybridized carbons (Fsp3) is 0.391. The molecule has 0 aliphatic rings. The monoisotopic (exact) mass is 1040 g/mol. The molecule has 3 aromatic rings. The first-order valence-corrected chi connectivity index (χ1v) is 24.6. The van der Waals surface area contributed by atoms with E-state index in [-0.39, 0.29) is 102 Å². The van der Waals surface area contributed by atoms with Crippen LogP contribution in [0.2, 0.25) is 0 Å². The average Bonchev–Trinajstić information content (AvgIpc) is 3.31. The van der Waals surface area contributed by atoms with Gasteiger partial charge >= 0.3 is 11.9 Å². The van der Waals surface area contributed by atoms with Gasteiger partial charge in [0, 0.05) is 55.4 Å². The van der Waals surface area contributed by atoms with E-state index in [2.05, 4.69) is 31.9 Å². The summed E-state index contributed by atoms with van der Waals surface area (Å²) in [5.41, 5.74) is 40.7. The number of anilines is 4. The molecule has 0 heterocycles. The van der Waals surface area contributed by atoms with Crippen molar-refractivity contribution in [1.29, 1.82) is 10.8 Å². The maximum Gasteiger partial charge on any atom is 0.338 e. The van der Waals surface area contributed by atoms with Crippen molar-refractivity contribution in [1.82, 2.24) is 10.6 Å². The third-order valence-corrected chi connectivity index (χ3v) is 11.6. The third-order valence-electron chi connectivity index (χ3n) is 9.29. The second kappa shape index (κ2) is 30.1. The van der Waals surface area contributed by atoms with E-state index < -0.39 is 59.9 Å². The summed E-state index contributed by atoms with van der Waals surface area (Å²) in [6.45, 7) is 7.51. The molecule has 3 rings (SSSR count). The number of hydrogen-bond acceptors (Lipinski definition) is 18. The summed E-state index contributed by atoms with van der Waals surface area (Å²) in [7, 11) is 0. The van der Waals surface area contributed by atoms with Gasteiger partial charge in [-0.1, -0.05) is 12.2 Å². The van der Waals surface area contributed by atoms with Crippen molar-refractivity contribution in [2.24, 2.45) is 40.1 Å². The average molecular weight is 1040 g/mol. The molecule has 0 radical (unpaired) electrons. The van der Waals surface area contributed by atoms with Crippen LogP contribution in [0.3, 0.4) is 0 Å². The first kappa shape index (κ1) is 59.4. The van der Waals surface area contributed by atoms with Crippen molar-refractivity contribution in [2.75, 3.05) is 72.1 Å². The lowest BCUT2D eigenvalue weighted by atomic mass is 10.1. The smallest absolute Gasteiger partial charge is 0.338 e. The number of amides is 4. The topological polar surface area (TPSA) is 432 Å². The molecule has 0 aromatic heterocycles. The molecule has 4 amide bonds. The molecule has 0 fully saturated rings. The normalized spacial score (nSPS) is 11.9. The molecule has 0 saturated heterocycles. The summed E-state index contributed by atoms with van der Waals surface area (Å²) >= 11 is 2.35. The van der Waals surface area contributed by atoms with Crippen LogP contribution >= 0.6 is 23.5 Å². The van der Waals surface area contributed by atoms with Gasteiger partial charge in [0.25, 0.3) is 11.8 Å². The quantitative estimate of drug-likeness (QED) is 0.0123. The zero-order chi connectivity index (χ0) is 53.5. The Kier molecular flexibility index (Phi) is 24.8. The van der Waals surface area contributed by atoms with Crippen LogP contribution in [-0.4, -0.2) is 123 Å². The number of nitrogens with two attached hydrogens (primary N) is 7. The summed E-state index contributed by atoms with van der Waals surface area (Å²) in [5, 5.41) is 31.0. The Balaban J connectivity index is 2.16. The molecule has 0 saturated carbocycles. The van der Waals surface area contributed by atoms with E-state index in [9.17, 15) is 28.8 Å². The Hall–Kier alpha value is -6.94. The van der Waals surface area contributed by atoms with E-state index in [0.29, 0.717) is 34.3 Å². The number of carbonyl (C=O) groups is 6. The predicted octanol–water partition coefficient (Wildman–Crippen LogP) is 1.59. The Morgan fingerprint density at radius 3 is 1.51 bits per heavy atom. The van der Waals surface area contributed by atoms with Gasteiger partial charge < -0.3 is 86.2 Å². The molecule has 0 spiro atoms. The number of benzene rings is 3. The van der Waals surface area contributed by atoms with Gasteiger partial charge in [0.2, 0.25) is 11.8 Å². The highest BCUT2D eigenvalue weighted by Crippen LogP contribution is 2.39. The van der Waals surface area contributed by atoms with Crippen LogP contribution in [0.1, 0.15) is 82.0 Å². The Bertz CT molecular complexity index is 2460. The lowest BCUT2D eigenvalue weighted by Crippen LogP contribution is -2.37. The second-order valence-corrected chi connectivity index (χ2v) is 18.3. The molecular formula is C46H67N15O9S2.